The molecule has 0 aliphatic carbocycles. The summed E-state index contributed by atoms with van der Waals surface area (Å²) in [4.78, 5) is 0. The molecule has 6 heteroatoms. The topological polar surface area (TPSA) is 64.0 Å². The van der Waals surface area contributed by atoms with Crippen LogP contribution < -0.4 is 5.32 Å². The Balaban J connectivity index is 2.49. The van der Waals surface area contributed by atoms with Crippen molar-refractivity contribution < 1.29 is 8.42 Å². The van der Waals surface area contributed by atoms with Gasteiger partial charge in [-0.25, -0.2) is 8.42 Å². The van der Waals surface area contributed by atoms with Gasteiger partial charge in [-0.1, -0.05) is 20.8 Å². The fourth-order valence-corrected chi connectivity index (χ4v) is 2.61. The fourth-order valence-electron chi connectivity index (χ4n) is 1.75. The summed E-state index contributed by atoms with van der Waals surface area (Å²) in [5.74, 6) is 0.455. The highest BCUT2D eigenvalue weighted by Crippen LogP contribution is 2.07. The lowest BCUT2D eigenvalue weighted by atomic mass is 10.2. The highest BCUT2D eigenvalue weighted by atomic mass is 32.2. The van der Waals surface area contributed by atoms with Gasteiger partial charge in [-0.05, 0) is 13.3 Å². The van der Waals surface area contributed by atoms with Crippen LogP contribution in [-0.2, 0) is 22.9 Å². The number of nitrogens with zero attached hydrogens (tertiary/aromatic N) is 2. The third-order valence-electron chi connectivity index (χ3n) is 3.03. The molecule has 1 aromatic heterocycles. The van der Waals surface area contributed by atoms with Gasteiger partial charge in [0.1, 0.15) is 9.84 Å². The summed E-state index contributed by atoms with van der Waals surface area (Å²) >= 11 is 0. The van der Waals surface area contributed by atoms with Crippen molar-refractivity contribution in [1.82, 2.24) is 15.1 Å². The van der Waals surface area contributed by atoms with Gasteiger partial charge in [-0.15, -0.1) is 0 Å². The van der Waals surface area contributed by atoms with E-state index in [1.165, 1.54) is 5.56 Å². The van der Waals surface area contributed by atoms with E-state index in [0.29, 0.717) is 19.0 Å². The van der Waals surface area contributed by atoms with E-state index in [4.69, 9.17) is 0 Å². The molecule has 1 heterocycles. The second-order valence-corrected chi connectivity index (χ2v) is 7.60. The Hall–Kier alpha value is -0.880. The summed E-state index contributed by atoms with van der Waals surface area (Å²) in [6, 6.07) is 0.442. The first-order chi connectivity index (χ1) is 8.84. The Labute approximate surface area is 116 Å². The van der Waals surface area contributed by atoms with Crippen LogP contribution in [0.5, 0.6) is 0 Å². The Bertz CT molecular complexity index is 492. The molecular formula is C13H25N3O2S. The zero-order valence-corrected chi connectivity index (χ0v) is 13.1. The first kappa shape index (κ1) is 16.2. The molecule has 1 N–H and O–H groups in total. The number of sulfone groups is 1. The lowest BCUT2D eigenvalue weighted by Gasteiger charge is -2.06. The Kier molecular flexibility index (Phi) is 6.00. The molecule has 110 valence electrons. The Morgan fingerprint density at radius 1 is 1.42 bits per heavy atom. The summed E-state index contributed by atoms with van der Waals surface area (Å²) in [6.07, 6.45) is 2.62. The van der Waals surface area contributed by atoms with E-state index in [1.54, 1.807) is 6.92 Å². The molecule has 0 aliphatic rings. The number of hydrogen-bond donors (Lipinski definition) is 1. The number of aryl methyl sites for hydroxylation is 2. The summed E-state index contributed by atoms with van der Waals surface area (Å²) in [5.41, 5.74) is 2.18. The third-order valence-corrected chi connectivity index (χ3v) is 4.82. The molecule has 19 heavy (non-hydrogen) atoms. The molecule has 0 saturated carbocycles. The van der Waals surface area contributed by atoms with Crippen LogP contribution in [0.1, 0.15) is 38.4 Å². The standard InChI is InChI=1S/C13H25N3O2S/c1-5-19(17,18)8-6-7-16-10-13(12(4)15-16)9-14-11(2)3/h10-11,14H,5-9H2,1-4H3. The van der Waals surface area contributed by atoms with Crippen molar-refractivity contribution in [1.29, 1.82) is 0 Å². The minimum Gasteiger partial charge on any atom is -0.310 e. The molecule has 1 aromatic rings. The van der Waals surface area contributed by atoms with Crippen molar-refractivity contribution >= 4 is 9.84 Å². The van der Waals surface area contributed by atoms with E-state index in [9.17, 15) is 8.42 Å². The third kappa shape index (κ3) is 5.74. The van der Waals surface area contributed by atoms with Crippen molar-refractivity contribution in [3.63, 3.8) is 0 Å². The fraction of sp³-hybridized carbons (Fsp3) is 0.769. The van der Waals surface area contributed by atoms with Crippen LogP contribution in [0.25, 0.3) is 0 Å². The first-order valence-corrected chi connectivity index (χ1v) is 8.63. The molecular weight excluding hydrogens is 262 g/mol. The second kappa shape index (κ2) is 7.05. The minimum atomic E-state index is -2.87. The molecule has 5 nitrogen and oxygen atoms in total. The van der Waals surface area contributed by atoms with E-state index in [1.807, 2.05) is 17.8 Å². The summed E-state index contributed by atoms with van der Waals surface area (Å²) in [6.45, 7) is 9.34. The Morgan fingerprint density at radius 2 is 2.11 bits per heavy atom. The van der Waals surface area contributed by atoms with Gasteiger partial charge >= 0.3 is 0 Å². The SMILES string of the molecule is CCS(=O)(=O)CCCn1cc(CNC(C)C)c(C)n1. The molecule has 0 aromatic carbocycles. The predicted octanol–water partition coefficient (Wildman–Crippen LogP) is 1.51. The quantitative estimate of drug-likeness (QED) is 0.787. The highest BCUT2D eigenvalue weighted by Gasteiger charge is 2.09. The van der Waals surface area contributed by atoms with Gasteiger partial charge in [0.25, 0.3) is 0 Å². The highest BCUT2D eigenvalue weighted by molar-refractivity contribution is 7.91. The zero-order valence-electron chi connectivity index (χ0n) is 12.3. The number of aromatic nitrogens is 2. The van der Waals surface area contributed by atoms with Gasteiger partial charge in [0, 0.05) is 36.6 Å². The maximum absolute atomic E-state index is 11.4. The van der Waals surface area contributed by atoms with Crippen LogP contribution in [-0.4, -0.2) is 35.7 Å². The average Bonchev–Trinajstić information content (AvgIpc) is 2.67. The van der Waals surface area contributed by atoms with E-state index >= 15 is 0 Å². The van der Waals surface area contributed by atoms with Gasteiger partial charge in [-0.2, -0.15) is 5.10 Å². The lowest BCUT2D eigenvalue weighted by Crippen LogP contribution is -2.21. The monoisotopic (exact) mass is 287 g/mol. The van der Waals surface area contributed by atoms with Crippen LogP contribution in [0, 0.1) is 6.92 Å². The van der Waals surface area contributed by atoms with E-state index in [0.717, 1.165) is 12.2 Å². The maximum atomic E-state index is 11.4. The van der Waals surface area contributed by atoms with Crippen molar-refractivity contribution in [3.05, 3.63) is 17.5 Å². The lowest BCUT2D eigenvalue weighted by molar-refractivity contribution is 0.570. The average molecular weight is 287 g/mol. The van der Waals surface area contributed by atoms with Crippen molar-refractivity contribution in [2.75, 3.05) is 11.5 Å². The summed E-state index contributed by atoms with van der Waals surface area (Å²) < 4.78 is 24.6. The molecule has 0 amide bonds. The van der Waals surface area contributed by atoms with Crippen molar-refractivity contribution in [2.45, 2.75) is 53.2 Å². The first-order valence-electron chi connectivity index (χ1n) is 6.80. The number of rotatable bonds is 8. The smallest absolute Gasteiger partial charge is 0.150 e. The molecule has 0 spiro atoms. The molecule has 0 unspecified atom stereocenters. The van der Waals surface area contributed by atoms with E-state index in [-0.39, 0.29) is 11.5 Å². The summed E-state index contributed by atoms with van der Waals surface area (Å²) in [5, 5.41) is 7.77. The van der Waals surface area contributed by atoms with Crippen LogP contribution in [0.4, 0.5) is 0 Å². The van der Waals surface area contributed by atoms with Gasteiger partial charge < -0.3 is 5.32 Å². The van der Waals surface area contributed by atoms with E-state index < -0.39 is 9.84 Å². The molecule has 0 atom stereocenters. The van der Waals surface area contributed by atoms with Crippen LogP contribution >= 0.6 is 0 Å². The predicted molar refractivity (Wildman–Crippen MR) is 77.9 cm³/mol. The van der Waals surface area contributed by atoms with Gasteiger partial charge in [0.05, 0.1) is 11.4 Å². The Morgan fingerprint density at radius 3 is 2.68 bits per heavy atom. The molecule has 0 saturated heterocycles. The number of nitrogens with one attached hydrogen (secondary N) is 1. The maximum Gasteiger partial charge on any atom is 0.150 e. The summed E-state index contributed by atoms with van der Waals surface area (Å²) in [7, 11) is -2.87. The minimum absolute atomic E-state index is 0.217. The van der Waals surface area contributed by atoms with Crippen LogP contribution in [0.2, 0.25) is 0 Å². The van der Waals surface area contributed by atoms with Crippen LogP contribution in [0.3, 0.4) is 0 Å². The molecule has 0 bridgehead atoms. The van der Waals surface area contributed by atoms with Crippen LogP contribution in [0.15, 0.2) is 6.20 Å². The van der Waals surface area contributed by atoms with Crippen molar-refractivity contribution in [3.8, 4) is 0 Å². The molecule has 0 aliphatic heterocycles. The van der Waals surface area contributed by atoms with Gasteiger partial charge in [-0.3, -0.25) is 4.68 Å². The molecule has 0 fully saturated rings. The normalized spacial score (nSPS) is 12.3. The number of hydrogen-bond acceptors (Lipinski definition) is 4. The second-order valence-electron chi connectivity index (χ2n) is 5.13. The van der Waals surface area contributed by atoms with Gasteiger partial charge in [0.2, 0.25) is 0 Å². The van der Waals surface area contributed by atoms with Crippen molar-refractivity contribution in [2.24, 2.45) is 0 Å². The zero-order chi connectivity index (χ0) is 14.5. The largest absolute Gasteiger partial charge is 0.310 e. The molecule has 0 radical (unpaired) electrons. The van der Waals surface area contributed by atoms with Gasteiger partial charge in [0.15, 0.2) is 0 Å². The molecule has 1 rings (SSSR count). The van der Waals surface area contributed by atoms with E-state index in [2.05, 4.69) is 24.3 Å².